The van der Waals surface area contributed by atoms with E-state index in [-0.39, 0.29) is 23.6 Å². The molecule has 2 N–H and O–H groups in total. The van der Waals surface area contributed by atoms with Crippen LogP contribution in [0.4, 0.5) is 0 Å². The van der Waals surface area contributed by atoms with E-state index in [0.29, 0.717) is 31.3 Å². The second-order valence-electron chi connectivity index (χ2n) is 14.3. The molecule has 0 aliphatic heterocycles. The minimum atomic E-state index is -4.53. The highest BCUT2D eigenvalue weighted by Crippen LogP contribution is 2.51. The van der Waals surface area contributed by atoms with E-state index in [4.69, 9.17) is 8.74 Å². The lowest BCUT2D eigenvalue weighted by atomic mass is 9.66. The van der Waals surface area contributed by atoms with Gasteiger partial charge in [0.05, 0.1) is 12.7 Å². The van der Waals surface area contributed by atoms with Gasteiger partial charge in [-0.15, -0.1) is 0 Å². The molecule has 1 fully saturated rings. The van der Waals surface area contributed by atoms with E-state index < -0.39 is 27.3 Å². The van der Waals surface area contributed by atoms with Crippen LogP contribution in [0.2, 0.25) is 0 Å². The monoisotopic (exact) mass is 676 g/mol. The average Bonchev–Trinajstić information content (AvgIpc) is 3.17. The summed E-state index contributed by atoms with van der Waals surface area (Å²) in [6.07, 6.45) is 23.5. The standard InChI is InChI=1S/C40H52O7S/c1-29(16-12-17-31(3)20-23-37(43)40(9)26-34(42)25-39(40,7)8)14-10-11-15-30(2)18-13-19-33(28-41)21-22-36-32(4)24-35(27-38(36,5)6)47-48(44,45)46/h10-20,23,35,41H,24-28H2,1-9H3,(H,44,45,46). The highest BCUT2D eigenvalue weighted by Gasteiger charge is 2.52. The number of hydrogen-bond acceptors (Lipinski definition) is 6. The molecule has 0 amide bonds. The maximum absolute atomic E-state index is 12.9. The molecule has 0 aromatic rings. The Balaban J connectivity index is 1.97. The zero-order valence-corrected chi connectivity index (χ0v) is 30.7. The van der Waals surface area contributed by atoms with Gasteiger partial charge in [-0.1, -0.05) is 130 Å². The number of hydrogen-bond donors (Lipinski definition) is 2. The number of Topliss-reactive ketones (excluding diaryl/α,β-unsaturated/α-hetero) is 1. The summed E-state index contributed by atoms with van der Waals surface area (Å²) < 4.78 is 36.2. The first-order chi connectivity index (χ1) is 22.2. The molecule has 1 saturated carbocycles. The summed E-state index contributed by atoms with van der Waals surface area (Å²) in [5.41, 5.74) is 3.83. The summed E-state index contributed by atoms with van der Waals surface area (Å²) in [5, 5.41) is 9.82. The third-order valence-electron chi connectivity index (χ3n) is 9.08. The van der Waals surface area contributed by atoms with Gasteiger partial charge in [-0.3, -0.25) is 14.1 Å². The van der Waals surface area contributed by atoms with Gasteiger partial charge >= 0.3 is 10.4 Å². The predicted molar refractivity (Wildman–Crippen MR) is 194 cm³/mol. The summed E-state index contributed by atoms with van der Waals surface area (Å²) >= 11 is 0. The van der Waals surface area contributed by atoms with E-state index in [2.05, 4.69) is 11.8 Å². The van der Waals surface area contributed by atoms with Crippen LogP contribution in [-0.2, 0) is 24.2 Å². The van der Waals surface area contributed by atoms with Gasteiger partial charge in [-0.2, -0.15) is 8.42 Å². The lowest BCUT2D eigenvalue weighted by Crippen LogP contribution is -2.36. The molecular formula is C40H52O7S. The summed E-state index contributed by atoms with van der Waals surface area (Å²) in [6, 6.07) is 0. The van der Waals surface area contributed by atoms with Crippen molar-refractivity contribution in [1.82, 2.24) is 0 Å². The van der Waals surface area contributed by atoms with Crippen molar-refractivity contribution >= 4 is 22.0 Å². The molecule has 260 valence electrons. The molecule has 2 atom stereocenters. The molecule has 0 aromatic carbocycles. The van der Waals surface area contributed by atoms with Crippen molar-refractivity contribution in [3.63, 3.8) is 0 Å². The van der Waals surface area contributed by atoms with Gasteiger partial charge in [0.15, 0.2) is 5.78 Å². The SMILES string of the molecule is CC(C=CC=C(C)C=CC(=O)C1(C)CC(=O)CC1(C)C)=CC=CC=C(C)C=CC=C(C#CC1=C(C)CC(OS(=O)(=O)O)CC1(C)C)CO. The lowest BCUT2D eigenvalue weighted by Gasteiger charge is -2.35. The van der Waals surface area contributed by atoms with Crippen LogP contribution < -0.4 is 0 Å². The fraction of sp³-hybridized carbons (Fsp3) is 0.450. The molecule has 7 nitrogen and oxygen atoms in total. The van der Waals surface area contributed by atoms with E-state index in [9.17, 15) is 23.1 Å². The number of carbonyl (C=O) groups is 2. The fourth-order valence-electron chi connectivity index (χ4n) is 6.00. The Hall–Kier alpha value is -3.61. The topological polar surface area (TPSA) is 118 Å². The Kier molecular flexibility index (Phi) is 14.5. The van der Waals surface area contributed by atoms with E-state index >= 15 is 0 Å². The van der Waals surface area contributed by atoms with Crippen LogP contribution >= 0.6 is 0 Å². The number of aliphatic hydroxyl groups excluding tert-OH is 1. The quantitative estimate of drug-likeness (QED) is 0.0925. The van der Waals surface area contributed by atoms with Gasteiger partial charge in [0, 0.05) is 34.8 Å². The summed E-state index contributed by atoms with van der Waals surface area (Å²) in [5.74, 6) is 6.35. The van der Waals surface area contributed by atoms with Crippen LogP contribution in [0.25, 0.3) is 0 Å². The Morgan fingerprint density at radius 3 is 1.92 bits per heavy atom. The number of aliphatic hydroxyl groups is 1. The zero-order valence-electron chi connectivity index (χ0n) is 29.9. The molecule has 48 heavy (non-hydrogen) atoms. The molecule has 8 heteroatoms. The molecular weight excluding hydrogens is 625 g/mol. The maximum atomic E-state index is 12.9. The second-order valence-corrected chi connectivity index (χ2v) is 15.4. The Morgan fingerprint density at radius 2 is 1.42 bits per heavy atom. The molecule has 2 unspecified atom stereocenters. The van der Waals surface area contributed by atoms with Crippen molar-refractivity contribution in [2.45, 2.75) is 94.1 Å². The third-order valence-corrected chi connectivity index (χ3v) is 9.60. The van der Waals surface area contributed by atoms with Crippen LogP contribution in [0, 0.1) is 28.1 Å². The van der Waals surface area contributed by atoms with Gasteiger partial charge in [-0.05, 0) is 58.1 Å². The molecule has 2 rings (SSSR count). The van der Waals surface area contributed by atoms with Crippen molar-refractivity contribution in [3.05, 3.63) is 106 Å². The smallest absolute Gasteiger partial charge is 0.391 e. The molecule has 0 heterocycles. The summed E-state index contributed by atoms with van der Waals surface area (Å²) in [7, 11) is -4.53. The average molecular weight is 677 g/mol. The van der Waals surface area contributed by atoms with E-state index in [1.807, 2.05) is 117 Å². The fourth-order valence-corrected chi connectivity index (χ4v) is 6.48. The van der Waals surface area contributed by atoms with Crippen LogP contribution in [0.3, 0.4) is 0 Å². The Morgan fingerprint density at radius 1 is 0.875 bits per heavy atom. The van der Waals surface area contributed by atoms with Crippen molar-refractivity contribution in [3.8, 4) is 11.8 Å². The molecule has 0 bridgehead atoms. The largest absolute Gasteiger partial charge is 0.397 e. The van der Waals surface area contributed by atoms with Gasteiger partial charge in [-0.25, -0.2) is 4.18 Å². The molecule has 0 aromatic heterocycles. The third kappa shape index (κ3) is 12.4. The van der Waals surface area contributed by atoms with Gasteiger partial charge < -0.3 is 5.11 Å². The maximum Gasteiger partial charge on any atom is 0.397 e. The molecule has 0 spiro atoms. The molecule has 0 saturated heterocycles. The molecule has 2 aliphatic rings. The van der Waals surface area contributed by atoms with Gasteiger partial charge in [0.1, 0.15) is 5.78 Å². The number of allylic oxidation sites excluding steroid dienone is 16. The first-order valence-electron chi connectivity index (χ1n) is 16.2. The number of carbonyl (C=O) groups excluding carboxylic acids is 2. The Labute approximate surface area is 288 Å². The highest BCUT2D eigenvalue weighted by molar-refractivity contribution is 7.80. The van der Waals surface area contributed by atoms with Crippen molar-refractivity contribution < 1.29 is 31.8 Å². The van der Waals surface area contributed by atoms with Crippen LogP contribution in [-0.4, -0.2) is 42.4 Å². The van der Waals surface area contributed by atoms with Crippen molar-refractivity contribution in [2.75, 3.05) is 6.61 Å². The van der Waals surface area contributed by atoms with Crippen LogP contribution in [0.1, 0.15) is 88.0 Å². The summed E-state index contributed by atoms with van der Waals surface area (Å²) in [6.45, 7) is 17.3. The molecule has 0 radical (unpaired) electrons. The lowest BCUT2D eigenvalue weighted by molar-refractivity contribution is -0.128. The van der Waals surface area contributed by atoms with E-state index in [1.165, 1.54) is 0 Å². The van der Waals surface area contributed by atoms with Gasteiger partial charge in [0.2, 0.25) is 0 Å². The van der Waals surface area contributed by atoms with Crippen LogP contribution in [0.5, 0.6) is 0 Å². The Bertz CT molecular complexity index is 1690. The second kappa shape index (κ2) is 17.2. The molecule has 2 aliphatic carbocycles. The minimum Gasteiger partial charge on any atom is -0.391 e. The number of ketones is 2. The van der Waals surface area contributed by atoms with Gasteiger partial charge in [0.25, 0.3) is 0 Å². The highest BCUT2D eigenvalue weighted by atomic mass is 32.3. The number of rotatable bonds is 12. The van der Waals surface area contributed by atoms with Crippen LogP contribution in [0.15, 0.2) is 106 Å². The first-order valence-corrected chi connectivity index (χ1v) is 17.5. The van der Waals surface area contributed by atoms with Crippen molar-refractivity contribution in [2.24, 2.45) is 16.2 Å². The predicted octanol–water partition coefficient (Wildman–Crippen LogP) is 8.26. The first kappa shape index (κ1) is 40.6. The summed E-state index contributed by atoms with van der Waals surface area (Å²) in [4.78, 5) is 24.9. The van der Waals surface area contributed by atoms with E-state index in [0.717, 1.165) is 27.9 Å². The van der Waals surface area contributed by atoms with E-state index in [1.54, 1.807) is 18.2 Å². The normalized spacial score (nSPS) is 24.4. The van der Waals surface area contributed by atoms with Crippen molar-refractivity contribution in [1.29, 1.82) is 0 Å². The minimum absolute atomic E-state index is 0.00557. The zero-order chi connectivity index (χ0) is 36.3.